The summed E-state index contributed by atoms with van der Waals surface area (Å²) in [5.74, 6) is 0.212. The van der Waals surface area contributed by atoms with Gasteiger partial charge in [0, 0.05) is 27.2 Å². The molecule has 0 saturated heterocycles. The van der Waals surface area contributed by atoms with E-state index >= 15 is 0 Å². The lowest BCUT2D eigenvalue weighted by molar-refractivity contribution is -0.127. The third-order valence-electron chi connectivity index (χ3n) is 2.88. The number of nitrogens with zero attached hydrogens (tertiary/aromatic N) is 2. The smallest absolute Gasteiger partial charge is 0.243 e. The molecule has 2 N–H and O–H groups in total. The van der Waals surface area contributed by atoms with E-state index in [4.69, 9.17) is 0 Å². The second kappa shape index (κ2) is 9.55. The average molecular weight is 306 g/mol. The molecule has 1 rings (SSSR count). The molecular formula is C16H23FN4O. The highest BCUT2D eigenvalue weighted by atomic mass is 19.1. The van der Waals surface area contributed by atoms with Crippen LogP contribution in [0, 0.1) is 5.82 Å². The molecular weight excluding hydrogens is 283 g/mol. The van der Waals surface area contributed by atoms with Crippen molar-refractivity contribution in [2.75, 3.05) is 33.7 Å². The summed E-state index contributed by atoms with van der Waals surface area (Å²) in [6, 6.07) is 6.48. The molecule has 0 atom stereocenters. The molecule has 1 amide bonds. The van der Waals surface area contributed by atoms with E-state index in [1.54, 1.807) is 26.2 Å². The van der Waals surface area contributed by atoms with Crippen LogP contribution in [-0.4, -0.2) is 50.5 Å². The van der Waals surface area contributed by atoms with Crippen molar-refractivity contribution in [1.29, 1.82) is 0 Å². The minimum absolute atomic E-state index is 0.0689. The van der Waals surface area contributed by atoms with E-state index in [1.807, 2.05) is 6.07 Å². The fraction of sp³-hybridized carbons (Fsp3) is 0.375. The number of amides is 1. The van der Waals surface area contributed by atoms with Gasteiger partial charge in [0.25, 0.3) is 0 Å². The Bertz CT molecular complexity index is 529. The van der Waals surface area contributed by atoms with Gasteiger partial charge in [-0.2, -0.15) is 0 Å². The second-order valence-electron chi connectivity index (χ2n) is 4.93. The van der Waals surface area contributed by atoms with Crippen LogP contribution in [0.4, 0.5) is 4.39 Å². The fourth-order valence-corrected chi connectivity index (χ4v) is 1.65. The Morgan fingerprint density at radius 2 is 2.18 bits per heavy atom. The Labute approximate surface area is 130 Å². The van der Waals surface area contributed by atoms with E-state index in [9.17, 15) is 9.18 Å². The zero-order chi connectivity index (χ0) is 16.4. The van der Waals surface area contributed by atoms with Gasteiger partial charge in [-0.1, -0.05) is 18.2 Å². The van der Waals surface area contributed by atoms with E-state index in [1.165, 1.54) is 17.0 Å². The van der Waals surface area contributed by atoms with Gasteiger partial charge in [0.2, 0.25) is 5.91 Å². The molecule has 0 spiro atoms. The Hall–Kier alpha value is -2.37. The first kappa shape index (κ1) is 17.7. The highest BCUT2D eigenvalue weighted by Crippen LogP contribution is 2.03. The number of hydrogen-bond donors (Lipinski definition) is 2. The minimum Gasteiger partial charge on any atom is -0.356 e. The van der Waals surface area contributed by atoms with Crippen LogP contribution in [0.25, 0.3) is 0 Å². The molecule has 0 aliphatic heterocycles. The maximum absolute atomic E-state index is 13.1. The molecule has 5 nitrogen and oxygen atoms in total. The van der Waals surface area contributed by atoms with Gasteiger partial charge in [0.15, 0.2) is 5.96 Å². The van der Waals surface area contributed by atoms with Crippen LogP contribution in [0.2, 0.25) is 0 Å². The largest absolute Gasteiger partial charge is 0.356 e. The molecule has 0 bridgehead atoms. The topological polar surface area (TPSA) is 56.7 Å². The Morgan fingerprint density at radius 1 is 1.41 bits per heavy atom. The van der Waals surface area contributed by atoms with Crippen LogP contribution in [0.3, 0.4) is 0 Å². The molecule has 1 aromatic rings. The summed E-state index contributed by atoms with van der Waals surface area (Å²) in [5, 5.41) is 6.15. The number of likely N-dealkylation sites (N-methyl/N-ethyl adjacent to an activating group) is 1. The summed E-state index contributed by atoms with van der Waals surface area (Å²) in [6.45, 7) is 4.83. The van der Waals surface area contributed by atoms with Gasteiger partial charge in [0.05, 0.1) is 0 Å². The van der Waals surface area contributed by atoms with Crippen molar-refractivity contribution in [2.45, 2.75) is 6.42 Å². The Morgan fingerprint density at radius 3 is 2.82 bits per heavy atom. The van der Waals surface area contributed by atoms with E-state index in [0.29, 0.717) is 25.5 Å². The van der Waals surface area contributed by atoms with Crippen LogP contribution >= 0.6 is 0 Å². The first-order chi connectivity index (χ1) is 10.5. The Kier molecular flexibility index (Phi) is 7.67. The van der Waals surface area contributed by atoms with Crippen LogP contribution < -0.4 is 10.6 Å². The molecule has 0 unspecified atom stereocenters. The van der Waals surface area contributed by atoms with Crippen LogP contribution in [0.15, 0.2) is 41.9 Å². The second-order valence-corrected chi connectivity index (χ2v) is 4.93. The van der Waals surface area contributed by atoms with Crippen molar-refractivity contribution in [1.82, 2.24) is 15.5 Å². The molecule has 6 heteroatoms. The molecule has 0 aromatic heterocycles. The molecule has 0 aliphatic rings. The van der Waals surface area contributed by atoms with Gasteiger partial charge in [-0.25, -0.2) is 9.38 Å². The van der Waals surface area contributed by atoms with Gasteiger partial charge in [0.1, 0.15) is 12.4 Å². The summed E-state index contributed by atoms with van der Waals surface area (Å²) < 4.78 is 13.1. The number of hydrogen-bond acceptors (Lipinski definition) is 2. The molecule has 0 saturated carbocycles. The highest BCUT2D eigenvalue weighted by Gasteiger charge is 2.04. The normalized spacial score (nSPS) is 11.0. The monoisotopic (exact) mass is 306 g/mol. The number of benzene rings is 1. The third kappa shape index (κ3) is 6.88. The third-order valence-corrected chi connectivity index (χ3v) is 2.88. The van der Waals surface area contributed by atoms with Crippen LogP contribution in [-0.2, 0) is 11.2 Å². The van der Waals surface area contributed by atoms with Crippen LogP contribution in [0.1, 0.15) is 5.56 Å². The van der Waals surface area contributed by atoms with Crippen molar-refractivity contribution in [3.05, 3.63) is 48.3 Å². The molecule has 22 heavy (non-hydrogen) atoms. The number of guanidine groups is 1. The number of halogens is 1. The first-order valence-corrected chi connectivity index (χ1v) is 7.10. The number of aliphatic imine (C=N–C) groups is 1. The van der Waals surface area contributed by atoms with Crippen molar-refractivity contribution in [2.24, 2.45) is 4.99 Å². The highest BCUT2D eigenvalue weighted by molar-refractivity contribution is 5.84. The lowest BCUT2D eigenvalue weighted by Crippen LogP contribution is -2.39. The maximum atomic E-state index is 13.1. The quantitative estimate of drug-likeness (QED) is 0.452. The summed E-state index contributed by atoms with van der Waals surface area (Å²) in [5.41, 5.74) is 0.903. The number of carbonyl (C=O) groups excluding carboxylic acids is 1. The van der Waals surface area contributed by atoms with Crippen LogP contribution in [0.5, 0.6) is 0 Å². The van der Waals surface area contributed by atoms with Gasteiger partial charge < -0.3 is 15.5 Å². The minimum atomic E-state index is -0.243. The molecule has 0 aliphatic carbocycles. The predicted octanol–water partition coefficient (Wildman–Crippen LogP) is 1.18. The van der Waals surface area contributed by atoms with E-state index in [0.717, 1.165) is 5.56 Å². The Balaban J connectivity index is 2.51. The van der Waals surface area contributed by atoms with E-state index in [-0.39, 0.29) is 18.3 Å². The molecule has 1 aromatic carbocycles. The lowest BCUT2D eigenvalue weighted by atomic mass is 10.1. The fourth-order valence-electron chi connectivity index (χ4n) is 1.65. The van der Waals surface area contributed by atoms with Gasteiger partial charge in [-0.15, -0.1) is 6.58 Å². The summed E-state index contributed by atoms with van der Waals surface area (Å²) >= 11 is 0. The molecule has 0 heterocycles. The van der Waals surface area contributed by atoms with Gasteiger partial charge in [-0.3, -0.25) is 4.79 Å². The number of carbonyl (C=O) groups is 1. The van der Waals surface area contributed by atoms with Gasteiger partial charge >= 0.3 is 0 Å². The zero-order valence-electron chi connectivity index (χ0n) is 13.1. The molecule has 0 fully saturated rings. The zero-order valence-corrected chi connectivity index (χ0v) is 13.1. The summed E-state index contributed by atoms with van der Waals surface area (Å²) in [6.07, 6.45) is 2.37. The standard InChI is InChI=1S/C16H23FN4O/c1-4-9-18-16(20-12-15(22)21(2)3)19-10-8-13-6-5-7-14(17)11-13/h4-7,11H,1,8-10,12H2,2-3H3,(H2,18,19,20). The molecule has 120 valence electrons. The van der Waals surface area contributed by atoms with E-state index in [2.05, 4.69) is 22.2 Å². The van der Waals surface area contributed by atoms with Crippen molar-refractivity contribution in [3.63, 3.8) is 0 Å². The maximum Gasteiger partial charge on any atom is 0.243 e. The average Bonchev–Trinajstić information content (AvgIpc) is 2.49. The van der Waals surface area contributed by atoms with Crippen molar-refractivity contribution in [3.8, 4) is 0 Å². The van der Waals surface area contributed by atoms with E-state index < -0.39 is 0 Å². The first-order valence-electron chi connectivity index (χ1n) is 7.10. The number of nitrogens with one attached hydrogen (secondary N) is 2. The number of rotatable bonds is 7. The summed E-state index contributed by atoms with van der Waals surface area (Å²) in [4.78, 5) is 17.3. The van der Waals surface area contributed by atoms with Crippen molar-refractivity contribution >= 4 is 11.9 Å². The molecule has 0 radical (unpaired) electrons. The SMILES string of the molecule is C=CCNC(=NCC(=O)N(C)C)NCCc1cccc(F)c1. The predicted molar refractivity (Wildman–Crippen MR) is 87.3 cm³/mol. The summed E-state index contributed by atoms with van der Waals surface area (Å²) in [7, 11) is 3.37. The van der Waals surface area contributed by atoms with Crippen molar-refractivity contribution < 1.29 is 9.18 Å². The lowest BCUT2D eigenvalue weighted by Gasteiger charge is -2.13. The van der Waals surface area contributed by atoms with Gasteiger partial charge in [-0.05, 0) is 24.1 Å².